The van der Waals surface area contributed by atoms with Gasteiger partial charge >= 0.3 is 37.7 Å². The molecule has 0 aromatic carbocycles. The van der Waals surface area contributed by atoms with E-state index in [0.29, 0.717) is 16.7 Å². The van der Waals surface area contributed by atoms with Crippen LogP contribution >= 0.6 is 19.5 Å². The number of halogens is 1. The molecule has 0 radical (unpaired) electrons. The van der Waals surface area contributed by atoms with Crippen LogP contribution < -0.4 is 15.7 Å². The highest BCUT2D eigenvalue weighted by molar-refractivity contribution is 8.00. The average Bonchev–Trinajstić information content (AvgIpc) is 3.18. The van der Waals surface area contributed by atoms with E-state index >= 15 is 4.39 Å². The number of esters is 1. The molecule has 0 bridgehead atoms. The van der Waals surface area contributed by atoms with Crippen molar-refractivity contribution in [3.8, 4) is 0 Å². The van der Waals surface area contributed by atoms with Gasteiger partial charge in [0.15, 0.2) is 18.1 Å². The first-order valence-electron chi connectivity index (χ1n) is 15.6. The van der Waals surface area contributed by atoms with Gasteiger partial charge in [-0.05, 0) is 89.2 Å². The van der Waals surface area contributed by atoms with Crippen molar-refractivity contribution in [2.75, 3.05) is 11.5 Å². The second-order valence-electron chi connectivity index (χ2n) is 14.5. The molecule has 50 heavy (non-hydrogen) atoms. The van der Waals surface area contributed by atoms with Crippen LogP contribution in [0.3, 0.4) is 0 Å². The largest absolute Gasteiger partial charge is 0.509 e. The Morgan fingerprint density at radius 1 is 1.00 bits per heavy atom. The summed E-state index contributed by atoms with van der Waals surface area (Å²) in [5.74, 6) is -1.30. The Kier molecular flexibility index (Phi) is 14.1. The van der Waals surface area contributed by atoms with Crippen molar-refractivity contribution in [3.05, 3.63) is 22.7 Å². The molecule has 6 atom stereocenters. The van der Waals surface area contributed by atoms with E-state index in [4.69, 9.17) is 28.2 Å². The van der Waals surface area contributed by atoms with Crippen LogP contribution in [0.2, 0.25) is 0 Å². The van der Waals surface area contributed by atoms with Crippen molar-refractivity contribution >= 4 is 49.6 Å². The number of aromatic nitrogens is 2. The van der Waals surface area contributed by atoms with E-state index in [2.05, 4.69) is 10.1 Å². The third-order valence-corrected chi connectivity index (χ3v) is 8.57. The lowest BCUT2D eigenvalue weighted by atomic mass is 10.1. The zero-order chi connectivity index (χ0) is 38.6. The van der Waals surface area contributed by atoms with Gasteiger partial charge < -0.3 is 28.6 Å². The number of carbonyl (C=O) groups excluding carboxylic acids is 4. The molecule has 1 aliphatic rings. The molecule has 1 aliphatic heterocycles. The Bertz CT molecular complexity index is 1480. The fourth-order valence-electron chi connectivity index (χ4n) is 4.02. The SMILES string of the molecule is CC(C)OC(=O)[C@H](C)NP(=O)(O)OC[C@H]1S[C@@H](n2ccc(N(C(=O)OC(C)(C)C)C(=O)OC(C)(C)C)nc2=O)[C@@H](F)[C@@H]1OC(=O)OC(C)(C)C. The maximum atomic E-state index is 16.1. The monoisotopic (exact) mass is 754 g/mol. The number of carbonyl (C=O) groups is 4. The third kappa shape index (κ3) is 13.5. The van der Waals surface area contributed by atoms with Crippen molar-refractivity contribution in [2.45, 2.75) is 135 Å². The Hall–Kier alpha value is -3.25. The molecule has 0 spiro atoms. The lowest BCUT2D eigenvalue weighted by Gasteiger charge is -2.28. The first kappa shape index (κ1) is 42.9. The molecule has 1 aromatic heterocycles. The summed E-state index contributed by atoms with van der Waals surface area (Å²) in [7, 11) is -4.71. The molecule has 2 rings (SSSR count). The van der Waals surface area contributed by atoms with Crippen molar-refractivity contribution in [1.82, 2.24) is 14.6 Å². The van der Waals surface area contributed by atoms with Gasteiger partial charge in [0.25, 0.3) is 0 Å². The third-order valence-electron chi connectivity index (χ3n) is 5.84. The van der Waals surface area contributed by atoms with Gasteiger partial charge in [-0.3, -0.25) is 13.9 Å². The second-order valence-corrected chi connectivity index (χ2v) is 17.4. The standard InChI is InChI=1S/C30H48FN4O13PS/c1-16(2)44-23(36)17(3)33-49(41,42)43-15-18-21(45-27(40)48-30(10,11)12)20(31)22(50-18)34-14-13-19(32-24(34)37)35(25(38)46-28(4,5)6)26(39)47-29(7,8)9/h13-14,16-18,20-22H,15H2,1-12H3,(H2,33,41,42)/t17-,18+,20-,21+,22+/m0/s1. The van der Waals surface area contributed by atoms with Gasteiger partial charge in [-0.25, -0.2) is 33.2 Å². The normalized spacial score (nSPS) is 21.5. The van der Waals surface area contributed by atoms with Crippen LogP contribution in [0.25, 0.3) is 0 Å². The van der Waals surface area contributed by atoms with Crippen LogP contribution in [0.5, 0.6) is 0 Å². The average molecular weight is 755 g/mol. The fraction of sp³-hybridized carbons (Fsp3) is 0.733. The smallest absolute Gasteiger partial charge is 0.462 e. The molecule has 2 heterocycles. The molecule has 0 aliphatic carbocycles. The number of thioether (sulfide) groups is 1. The Balaban J connectivity index is 2.43. The van der Waals surface area contributed by atoms with Gasteiger partial charge in [-0.2, -0.15) is 9.88 Å². The van der Waals surface area contributed by atoms with Gasteiger partial charge in [0.1, 0.15) is 28.2 Å². The second kappa shape index (κ2) is 16.4. The van der Waals surface area contributed by atoms with E-state index < -0.39 is 102 Å². The maximum absolute atomic E-state index is 16.1. The molecular formula is C30H48FN4O13PS. The summed E-state index contributed by atoms with van der Waals surface area (Å²) >= 11 is 0.713. The van der Waals surface area contributed by atoms with Crippen LogP contribution in [-0.4, -0.2) is 91.8 Å². The number of anilines is 1. The highest BCUT2D eigenvalue weighted by Gasteiger charge is 2.50. The van der Waals surface area contributed by atoms with Crippen molar-refractivity contribution in [2.24, 2.45) is 0 Å². The summed E-state index contributed by atoms with van der Waals surface area (Å²) in [6.07, 6.45) is -6.86. The van der Waals surface area contributed by atoms with Gasteiger partial charge in [0, 0.05) is 6.20 Å². The molecule has 0 saturated carbocycles. The van der Waals surface area contributed by atoms with E-state index in [1.807, 2.05) is 0 Å². The molecule has 1 saturated heterocycles. The van der Waals surface area contributed by atoms with E-state index in [0.717, 1.165) is 16.8 Å². The van der Waals surface area contributed by atoms with Gasteiger partial charge in [-0.15, -0.1) is 11.8 Å². The highest BCUT2D eigenvalue weighted by Crippen LogP contribution is 2.47. The summed E-state index contributed by atoms with van der Waals surface area (Å²) in [5, 5.41) is -0.519. The van der Waals surface area contributed by atoms with Crippen LogP contribution in [0, 0.1) is 0 Å². The minimum absolute atomic E-state index is 0.422. The number of alkyl halides is 1. The number of nitrogens with zero attached hydrogens (tertiary/aromatic N) is 3. The van der Waals surface area contributed by atoms with Gasteiger partial charge in [0.05, 0.1) is 18.0 Å². The molecule has 1 fully saturated rings. The number of hydrogen-bond donors (Lipinski definition) is 2. The van der Waals surface area contributed by atoms with E-state index in [1.165, 1.54) is 6.92 Å². The zero-order valence-electron chi connectivity index (χ0n) is 30.2. The van der Waals surface area contributed by atoms with Crippen LogP contribution in [0.4, 0.5) is 24.6 Å². The zero-order valence-corrected chi connectivity index (χ0v) is 32.0. The summed E-state index contributed by atoms with van der Waals surface area (Å²) in [4.78, 5) is 78.7. The van der Waals surface area contributed by atoms with Crippen molar-refractivity contribution in [1.29, 1.82) is 0 Å². The van der Waals surface area contributed by atoms with Crippen LogP contribution in [0.1, 0.15) is 88.5 Å². The number of imide groups is 1. The minimum atomic E-state index is -4.71. The molecule has 2 amide bonds. The molecule has 2 N–H and O–H groups in total. The van der Waals surface area contributed by atoms with Crippen LogP contribution in [0.15, 0.2) is 17.1 Å². The number of hydrogen-bond acceptors (Lipinski definition) is 14. The minimum Gasteiger partial charge on any atom is -0.462 e. The summed E-state index contributed by atoms with van der Waals surface area (Å²) < 4.78 is 61.0. The molecule has 1 aromatic rings. The summed E-state index contributed by atoms with van der Waals surface area (Å²) in [6, 6.07) is -0.177. The number of amides is 2. The first-order chi connectivity index (χ1) is 22.6. The topological polar surface area (TPSA) is 211 Å². The van der Waals surface area contributed by atoms with Crippen LogP contribution in [-0.2, 0) is 37.6 Å². The number of ether oxygens (including phenoxy) is 5. The summed E-state index contributed by atoms with van der Waals surface area (Å²) in [5.41, 5.74) is -4.23. The molecule has 20 heteroatoms. The number of nitrogens with one attached hydrogen (secondary N) is 1. The molecule has 1 unspecified atom stereocenters. The first-order valence-corrected chi connectivity index (χ1v) is 18.1. The van der Waals surface area contributed by atoms with Crippen molar-refractivity contribution in [3.63, 3.8) is 0 Å². The quantitative estimate of drug-likeness (QED) is 0.178. The predicted molar refractivity (Wildman–Crippen MR) is 179 cm³/mol. The van der Waals surface area contributed by atoms with E-state index in [1.54, 1.807) is 76.2 Å². The highest BCUT2D eigenvalue weighted by atomic mass is 32.2. The Morgan fingerprint density at radius 3 is 1.98 bits per heavy atom. The number of rotatable bonds is 10. The lowest BCUT2D eigenvalue weighted by Crippen LogP contribution is -2.45. The molecular weight excluding hydrogens is 706 g/mol. The molecule has 17 nitrogen and oxygen atoms in total. The summed E-state index contributed by atoms with van der Waals surface area (Å²) in [6.45, 7) is 17.8. The Morgan fingerprint density at radius 2 is 1.52 bits per heavy atom. The predicted octanol–water partition coefficient (Wildman–Crippen LogP) is 5.24. The van der Waals surface area contributed by atoms with Crippen molar-refractivity contribution < 1.29 is 61.2 Å². The maximum Gasteiger partial charge on any atom is 0.509 e. The van der Waals surface area contributed by atoms with E-state index in [9.17, 15) is 33.4 Å². The lowest BCUT2D eigenvalue weighted by molar-refractivity contribution is -0.149. The molecule has 284 valence electrons. The van der Waals surface area contributed by atoms with Gasteiger partial charge in [0.2, 0.25) is 0 Å². The Labute approximate surface area is 294 Å². The van der Waals surface area contributed by atoms with E-state index in [-0.39, 0.29) is 0 Å². The fourth-order valence-corrected chi connectivity index (χ4v) is 6.62. The van der Waals surface area contributed by atoms with Gasteiger partial charge in [-0.1, -0.05) is 0 Å².